The van der Waals surface area contributed by atoms with Crippen molar-refractivity contribution in [3.63, 3.8) is 0 Å². The highest BCUT2D eigenvalue weighted by atomic mass is 32.1. The van der Waals surface area contributed by atoms with Crippen LogP contribution in [0.15, 0.2) is 35.4 Å². The van der Waals surface area contributed by atoms with Gasteiger partial charge in [0.05, 0.1) is 12.7 Å². The third-order valence-corrected chi connectivity index (χ3v) is 6.01. The molecule has 2 aromatic rings. The first kappa shape index (κ1) is 17.2. The van der Waals surface area contributed by atoms with Crippen molar-refractivity contribution in [3.05, 3.63) is 46.9 Å². The number of carbonyl (C=O) groups is 1. The molecule has 0 saturated carbocycles. The minimum absolute atomic E-state index is 0.0827. The highest BCUT2D eigenvalue weighted by molar-refractivity contribution is 7.13. The lowest BCUT2D eigenvalue weighted by Gasteiger charge is -2.37. The van der Waals surface area contributed by atoms with E-state index in [0.717, 1.165) is 37.9 Å². The zero-order valence-corrected chi connectivity index (χ0v) is 15.5. The molecular weight excluding hydrogens is 351 g/mol. The van der Waals surface area contributed by atoms with Crippen LogP contribution in [0.4, 0.5) is 4.39 Å². The van der Waals surface area contributed by atoms with Crippen molar-refractivity contribution in [1.82, 2.24) is 9.88 Å². The maximum atomic E-state index is 14.3. The number of hydrogen-bond donors (Lipinski definition) is 0. The number of hydrogen-bond acceptors (Lipinski definition) is 4. The van der Waals surface area contributed by atoms with E-state index in [-0.39, 0.29) is 5.91 Å². The van der Waals surface area contributed by atoms with Gasteiger partial charge in [-0.3, -0.25) is 4.79 Å². The first-order valence-corrected chi connectivity index (χ1v) is 9.87. The summed E-state index contributed by atoms with van der Waals surface area (Å²) >= 11 is 1.27. The summed E-state index contributed by atoms with van der Waals surface area (Å²) in [6, 6.07) is 4.67. The zero-order chi connectivity index (χ0) is 18.1. The smallest absolute Gasteiger partial charge is 0.277 e. The number of halogens is 1. The van der Waals surface area contributed by atoms with Crippen LogP contribution in [-0.4, -0.2) is 29.4 Å². The molecule has 1 saturated heterocycles. The molecule has 1 amide bonds. The molecule has 0 bridgehead atoms. The summed E-state index contributed by atoms with van der Waals surface area (Å²) in [5.74, 6) is 0.434. The molecule has 1 aromatic heterocycles. The fourth-order valence-corrected chi connectivity index (χ4v) is 4.75. The summed E-state index contributed by atoms with van der Waals surface area (Å²) in [6.07, 6.45) is 7.77. The fraction of sp³-hybridized carbons (Fsp3) is 0.400. The van der Waals surface area contributed by atoms with Gasteiger partial charge in [-0.2, -0.15) is 0 Å². The average molecular weight is 372 g/mol. The lowest BCUT2D eigenvalue weighted by molar-refractivity contribution is 0.0744. The molecule has 26 heavy (non-hydrogen) atoms. The SMILES string of the molecule is COc1cccc(F)c1-c1nc(C(=O)N2CCCC3CCCC=C32)cs1. The third-order valence-electron chi connectivity index (χ3n) is 5.15. The molecule has 6 heteroatoms. The van der Waals surface area contributed by atoms with Crippen LogP contribution in [0.2, 0.25) is 0 Å². The summed E-state index contributed by atoms with van der Waals surface area (Å²) in [7, 11) is 1.50. The van der Waals surface area contributed by atoms with Gasteiger partial charge in [0.15, 0.2) is 0 Å². The van der Waals surface area contributed by atoms with E-state index in [1.54, 1.807) is 17.5 Å². The fourth-order valence-electron chi connectivity index (χ4n) is 3.90. The van der Waals surface area contributed by atoms with Crippen molar-refractivity contribution in [1.29, 1.82) is 0 Å². The average Bonchev–Trinajstić information content (AvgIpc) is 3.16. The molecule has 1 aromatic carbocycles. The Kier molecular flexibility index (Phi) is 4.76. The first-order valence-electron chi connectivity index (χ1n) is 8.99. The Morgan fingerprint density at radius 2 is 2.19 bits per heavy atom. The van der Waals surface area contributed by atoms with E-state index in [4.69, 9.17) is 4.74 Å². The van der Waals surface area contributed by atoms with E-state index in [1.165, 1.54) is 30.9 Å². The van der Waals surface area contributed by atoms with Crippen LogP contribution >= 0.6 is 11.3 Å². The maximum absolute atomic E-state index is 14.3. The molecule has 1 atom stereocenters. The Morgan fingerprint density at radius 3 is 3.04 bits per heavy atom. The summed E-state index contributed by atoms with van der Waals surface area (Å²) in [4.78, 5) is 19.4. The zero-order valence-electron chi connectivity index (χ0n) is 14.7. The Balaban J connectivity index is 1.64. The van der Waals surface area contributed by atoms with E-state index in [0.29, 0.717) is 27.9 Å². The van der Waals surface area contributed by atoms with Crippen molar-refractivity contribution in [2.24, 2.45) is 5.92 Å². The molecule has 0 spiro atoms. The number of allylic oxidation sites excluding steroid dienone is 2. The molecular formula is C20H21FN2O2S. The molecule has 1 unspecified atom stereocenters. The van der Waals surface area contributed by atoms with Crippen LogP contribution in [0.1, 0.15) is 42.6 Å². The molecule has 1 aliphatic carbocycles. The molecule has 4 rings (SSSR count). The summed E-state index contributed by atoms with van der Waals surface area (Å²) in [5, 5.41) is 2.19. The number of benzene rings is 1. The van der Waals surface area contributed by atoms with Gasteiger partial charge in [0.2, 0.25) is 0 Å². The summed E-state index contributed by atoms with van der Waals surface area (Å²) in [5.41, 5.74) is 1.85. The number of methoxy groups -OCH3 is 1. The number of amides is 1. The quantitative estimate of drug-likeness (QED) is 0.771. The number of piperidine rings is 1. The first-order chi connectivity index (χ1) is 12.7. The molecule has 0 N–H and O–H groups in total. The van der Waals surface area contributed by atoms with E-state index in [2.05, 4.69) is 11.1 Å². The van der Waals surface area contributed by atoms with Crippen LogP contribution in [0, 0.1) is 11.7 Å². The second-order valence-corrected chi connectivity index (χ2v) is 7.57. The van der Waals surface area contributed by atoms with Gasteiger partial charge in [0, 0.05) is 17.6 Å². The van der Waals surface area contributed by atoms with E-state index in [1.807, 2.05) is 4.90 Å². The van der Waals surface area contributed by atoms with Gasteiger partial charge in [0.25, 0.3) is 5.91 Å². The Bertz CT molecular complexity index is 861. The maximum Gasteiger partial charge on any atom is 0.277 e. The molecule has 1 aliphatic heterocycles. The molecule has 4 nitrogen and oxygen atoms in total. The second-order valence-electron chi connectivity index (χ2n) is 6.71. The predicted molar refractivity (Wildman–Crippen MR) is 99.8 cm³/mol. The highest BCUT2D eigenvalue weighted by Gasteiger charge is 2.32. The van der Waals surface area contributed by atoms with Crippen LogP contribution in [-0.2, 0) is 0 Å². The lowest BCUT2D eigenvalue weighted by Crippen LogP contribution is -2.39. The van der Waals surface area contributed by atoms with Crippen LogP contribution < -0.4 is 4.74 Å². The summed E-state index contributed by atoms with van der Waals surface area (Å²) in [6.45, 7) is 0.733. The number of rotatable bonds is 3. The Hall–Kier alpha value is -2.21. The van der Waals surface area contributed by atoms with E-state index < -0.39 is 5.82 Å². The number of fused-ring (bicyclic) bond motifs is 1. The van der Waals surface area contributed by atoms with Crippen molar-refractivity contribution in [3.8, 4) is 16.3 Å². The monoisotopic (exact) mass is 372 g/mol. The van der Waals surface area contributed by atoms with E-state index in [9.17, 15) is 9.18 Å². The standard InChI is InChI=1S/C20H21FN2O2S/c1-25-17-10-4-8-14(21)18(17)19-22-15(12-26-19)20(24)23-11-5-7-13-6-2-3-9-16(13)23/h4,8-10,12-13H,2-3,5-7,11H2,1H3. The largest absolute Gasteiger partial charge is 0.496 e. The molecule has 2 aliphatic rings. The van der Waals surface area contributed by atoms with Gasteiger partial charge < -0.3 is 9.64 Å². The van der Waals surface area contributed by atoms with Crippen LogP contribution in [0.25, 0.3) is 10.6 Å². The topological polar surface area (TPSA) is 42.4 Å². The van der Waals surface area contributed by atoms with Gasteiger partial charge in [-0.1, -0.05) is 12.1 Å². The normalized spacial score (nSPS) is 19.7. The third kappa shape index (κ3) is 3.03. The minimum Gasteiger partial charge on any atom is -0.496 e. The number of carbonyl (C=O) groups excluding carboxylic acids is 1. The Morgan fingerprint density at radius 1 is 1.35 bits per heavy atom. The number of ether oxygens (including phenoxy) is 1. The minimum atomic E-state index is -0.397. The predicted octanol–water partition coefficient (Wildman–Crippen LogP) is 4.88. The Labute approximate surface area is 156 Å². The number of likely N-dealkylation sites (tertiary alicyclic amines) is 1. The van der Waals surface area contributed by atoms with E-state index >= 15 is 0 Å². The van der Waals surface area contributed by atoms with Crippen molar-refractivity contribution in [2.45, 2.75) is 32.1 Å². The van der Waals surface area contributed by atoms with Gasteiger partial charge in [0.1, 0.15) is 22.3 Å². The van der Waals surface area contributed by atoms with Crippen molar-refractivity contribution >= 4 is 17.2 Å². The summed E-state index contributed by atoms with van der Waals surface area (Å²) < 4.78 is 19.6. The van der Waals surface area contributed by atoms with Crippen molar-refractivity contribution < 1.29 is 13.9 Å². The van der Waals surface area contributed by atoms with Gasteiger partial charge in [-0.05, 0) is 50.2 Å². The highest BCUT2D eigenvalue weighted by Crippen LogP contribution is 2.37. The number of thiazole rings is 1. The molecule has 2 heterocycles. The van der Waals surface area contributed by atoms with Gasteiger partial charge in [-0.25, -0.2) is 9.37 Å². The van der Waals surface area contributed by atoms with Crippen LogP contribution in [0.5, 0.6) is 5.75 Å². The second kappa shape index (κ2) is 7.19. The van der Waals surface area contributed by atoms with Crippen molar-refractivity contribution in [2.75, 3.05) is 13.7 Å². The molecule has 136 valence electrons. The number of nitrogens with zero attached hydrogens (tertiary/aromatic N) is 2. The van der Waals surface area contributed by atoms with Gasteiger partial charge >= 0.3 is 0 Å². The lowest BCUT2D eigenvalue weighted by atomic mass is 9.85. The molecule has 1 fully saturated rings. The number of aromatic nitrogens is 1. The van der Waals surface area contributed by atoms with Gasteiger partial charge in [-0.15, -0.1) is 11.3 Å². The molecule has 0 radical (unpaired) electrons. The van der Waals surface area contributed by atoms with Crippen LogP contribution in [0.3, 0.4) is 0 Å².